The number of halogens is 1. The zero-order valence-electron chi connectivity index (χ0n) is 13.8. The molecule has 24 heavy (non-hydrogen) atoms. The second kappa shape index (κ2) is 6.35. The van der Waals surface area contributed by atoms with Crippen LogP contribution in [-0.4, -0.2) is 47.9 Å². The minimum Gasteiger partial charge on any atom is -0.493 e. The van der Waals surface area contributed by atoms with E-state index in [1.807, 2.05) is 19.1 Å². The average molecular weight is 350 g/mol. The zero-order chi connectivity index (χ0) is 16.7. The lowest BCUT2D eigenvalue weighted by Gasteiger charge is -2.32. The molecule has 2 aliphatic heterocycles. The van der Waals surface area contributed by atoms with E-state index in [1.165, 1.54) is 0 Å². The van der Waals surface area contributed by atoms with Crippen LogP contribution in [0.5, 0.6) is 5.75 Å². The smallest absolute Gasteiger partial charge is 0.257 e. The topological polar surface area (TPSA) is 60.6 Å². The molecule has 1 saturated heterocycles. The molecule has 0 radical (unpaired) electrons. The molecule has 0 spiro atoms. The number of morpholine rings is 1. The van der Waals surface area contributed by atoms with Crippen molar-refractivity contribution in [1.29, 1.82) is 0 Å². The molecule has 6 nitrogen and oxygen atoms in total. The van der Waals surface area contributed by atoms with Gasteiger partial charge in [-0.15, -0.1) is 0 Å². The molecule has 128 valence electrons. The van der Waals surface area contributed by atoms with Gasteiger partial charge in [0.25, 0.3) is 5.89 Å². The van der Waals surface area contributed by atoms with Crippen LogP contribution in [0.15, 0.2) is 16.7 Å². The first-order valence-electron chi connectivity index (χ1n) is 8.19. The van der Waals surface area contributed by atoms with E-state index in [0.29, 0.717) is 29.8 Å². The lowest BCUT2D eigenvalue weighted by atomic mass is 10.1. The summed E-state index contributed by atoms with van der Waals surface area (Å²) >= 11 is 6.21. The Hall–Kier alpha value is -1.63. The molecule has 0 amide bonds. The summed E-state index contributed by atoms with van der Waals surface area (Å²) in [6.07, 6.45) is 1.39. The molecule has 0 bridgehead atoms. The molecule has 0 N–H and O–H groups in total. The number of benzene rings is 1. The maximum Gasteiger partial charge on any atom is 0.257 e. The summed E-state index contributed by atoms with van der Waals surface area (Å²) in [6, 6.07) is 3.87. The van der Waals surface area contributed by atoms with E-state index in [0.717, 1.165) is 36.4 Å². The molecule has 1 aromatic heterocycles. The third-order valence-electron chi connectivity index (χ3n) is 4.38. The molecule has 3 heterocycles. The van der Waals surface area contributed by atoms with Gasteiger partial charge in [-0.25, -0.2) is 0 Å². The highest BCUT2D eigenvalue weighted by atomic mass is 35.5. The Kier molecular flexibility index (Phi) is 4.20. The lowest BCUT2D eigenvalue weighted by Crippen LogP contribution is -2.40. The van der Waals surface area contributed by atoms with Crippen LogP contribution in [0.3, 0.4) is 0 Å². The number of aromatic nitrogens is 2. The van der Waals surface area contributed by atoms with Crippen molar-refractivity contribution in [1.82, 2.24) is 15.0 Å². The van der Waals surface area contributed by atoms with Gasteiger partial charge in [-0.1, -0.05) is 16.8 Å². The Balaban J connectivity index is 1.54. The number of likely N-dealkylation sites (N-methyl/N-ethyl adjacent to an activating group) is 1. The van der Waals surface area contributed by atoms with Crippen molar-refractivity contribution >= 4 is 11.6 Å². The van der Waals surface area contributed by atoms with Gasteiger partial charge in [0.2, 0.25) is 0 Å². The van der Waals surface area contributed by atoms with Crippen molar-refractivity contribution in [2.75, 3.05) is 26.7 Å². The summed E-state index contributed by atoms with van der Waals surface area (Å²) in [4.78, 5) is 6.73. The number of hydrogen-bond donors (Lipinski definition) is 0. The SMILES string of the molecule is C[C@@H]1CN(C)C[C@H](c2nc(Cc3cc(Cl)cc4c3OCC4)no2)O1. The molecule has 0 saturated carbocycles. The number of ether oxygens (including phenoxy) is 2. The van der Waals surface area contributed by atoms with Gasteiger partial charge >= 0.3 is 0 Å². The molecule has 2 aromatic rings. The molecule has 2 atom stereocenters. The summed E-state index contributed by atoms with van der Waals surface area (Å²) in [6.45, 7) is 4.40. The summed E-state index contributed by atoms with van der Waals surface area (Å²) in [5, 5.41) is 4.82. The number of fused-ring (bicyclic) bond motifs is 1. The standard InChI is InChI=1S/C17H20ClN3O3/c1-10-8-21(2)9-14(23-10)17-19-15(20-24-17)7-12-6-13(18)5-11-3-4-22-16(11)12/h5-6,10,14H,3-4,7-9H2,1-2H3/t10-,14-/m1/s1. The van der Waals surface area contributed by atoms with E-state index in [-0.39, 0.29) is 12.2 Å². The molecule has 2 aliphatic rings. The Bertz CT molecular complexity index is 739. The van der Waals surface area contributed by atoms with E-state index >= 15 is 0 Å². The second-order valence-corrected chi connectivity index (χ2v) is 6.97. The largest absolute Gasteiger partial charge is 0.493 e. The molecule has 1 aromatic carbocycles. The van der Waals surface area contributed by atoms with Crippen LogP contribution in [0.25, 0.3) is 0 Å². The predicted octanol–water partition coefficient (Wildman–Crippen LogP) is 2.64. The van der Waals surface area contributed by atoms with Crippen LogP contribution in [-0.2, 0) is 17.6 Å². The Morgan fingerprint density at radius 3 is 3.04 bits per heavy atom. The molecule has 4 rings (SSSR count). The van der Waals surface area contributed by atoms with Crippen LogP contribution in [0.2, 0.25) is 5.02 Å². The summed E-state index contributed by atoms with van der Waals surface area (Å²) in [5.41, 5.74) is 2.14. The van der Waals surface area contributed by atoms with Gasteiger partial charge in [0.1, 0.15) is 11.9 Å². The van der Waals surface area contributed by atoms with Crippen molar-refractivity contribution in [2.45, 2.75) is 32.0 Å². The lowest BCUT2D eigenvalue weighted by molar-refractivity contribution is -0.0838. The van der Waals surface area contributed by atoms with Crippen molar-refractivity contribution < 1.29 is 14.0 Å². The second-order valence-electron chi connectivity index (χ2n) is 6.53. The summed E-state index contributed by atoms with van der Waals surface area (Å²) < 4.78 is 17.1. The molecule has 0 unspecified atom stereocenters. The fourth-order valence-corrected chi connectivity index (χ4v) is 3.68. The monoisotopic (exact) mass is 349 g/mol. The zero-order valence-corrected chi connectivity index (χ0v) is 14.5. The van der Waals surface area contributed by atoms with Gasteiger partial charge in [0.05, 0.1) is 12.7 Å². The first-order valence-corrected chi connectivity index (χ1v) is 8.57. The molecular formula is C17H20ClN3O3. The molecule has 0 aliphatic carbocycles. The normalized spacial score (nSPS) is 24.0. The van der Waals surface area contributed by atoms with Gasteiger partial charge in [-0.2, -0.15) is 4.98 Å². The Morgan fingerprint density at radius 1 is 1.33 bits per heavy atom. The van der Waals surface area contributed by atoms with Crippen LogP contribution in [0.1, 0.15) is 35.9 Å². The van der Waals surface area contributed by atoms with E-state index in [4.69, 9.17) is 25.6 Å². The predicted molar refractivity (Wildman–Crippen MR) is 88.5 cm³/mol. The number of nitrogens with zero attached hydrogens (tertiary/aromatic N) is 3. The minimum atomic E-state index is -0.179. The van der Waals surface area contributed by atoms with Gasteiger partial charge in [0, 0.05) is 36.5 Å². The molecular weight excluding hydrogens is 330 g/mol. The van der Waals surface area contributed by atoms with Gasteiger partial charge in [0.15, 0.2) is 5.82 Å². The fraction of sp³-hybridized carbons (Fsp3) is 0.529. The Labute approximate surface area is 145 Å². The number of rotatable bonds is 3. The average Bonchev–Trinajstić information content (AvgIpc) is 3.15. The third-order valence-corrected chi connectivity index (χ3v) is 4.59. The fourth-order valence-electron chi connectivity index (χ4n) is 3.42. The van der Waals surface area contributed by atoms with Gasteiger partial charge < -0.3 is 18.9 Å². The van der Waals surface area contributed by atoms with E-state index in [1.54, 1.807) is 0 Å². The highest BCUT2D eigenvalue weighted by Crippen LogP contribution is 2.34. The first kappa shape index (κ1) is 15.9. The third kappa shape index (κ3) is 3.14. The van der Waals surface area contributed by atoms with Crippen molar-refractivity contribution in [3.8, 4) is 5.75 Å². The summed E-state index contributed by atoms with van der Waals surface area (Å²) in [5.74, 6) is 2.06. The Morgan fingerprint density at radius 2 is 2.21 bits per heavy atom. The highest BCUT2D eigenvalue weighted by Gasteiger charge is 2.29. The molecule has 1 fully saturated rings. The van der Waals surface area contributed by atoms with Crippen LogP contribution < -0.4 is 4.74 Å². The van der Waals surface area contributed by atoms with Gasteiger partial charge in [-0.3, -0.25) is 0 Å². The van der Waals surface area contributed by atoms with E-state index in [9.17, 15) is 0 Å². The quantitative estimate of drug-likeness (QED) is 0.849. The highest BCUT2D eigenvalue weighted by molar-refractivity contribution is 6.30. The summed E-state index contributed by atoms with van der Waals surface area (Å²) in [7, 11) is 2.07. The van der Waals surface area contributed by atoms with Gasteiger partial charge in [-0.05, 0) is 31.7 Å². The van der Waals surface area contributed by atoms with Crippen molar-refractivity contribution in [3.05, 3.63) is 40.0 Å². The maximum absolute atomic E-state index is 6.21. The molecule has 7 heteroatoms. The van der Waals surface area contributed by atoms with E-state index in [2.05, 4.69) is 22.1 Å². The van der Waals surface area contributed by atoms with E-state index < -0.39 is 0 Å². The van der Waals surface area contributed by atoms with Crippen LogP contribution >= 0.6 is 11.6 Å². The van der Waals surface area contributed by atoms with Crippen LogP contribution in [0.4, 0.5) is 0 Å². The number of hydrogen-bond acceptors (Lipinski definition) is 6. The maximum atomic E-state index is 6.21. The van der Waals surface area contributed by atoms with Crippen molar-refractivity contribution in [2.24, 2.45) is 0 Å². The van der Waals surface area contributed by atoms with Crippen molar-refractivity contribution in [3.63, 3.8) is 0 Å². The van der Waals surface area contributed by atoms with Crippen LogP contribution in [0, 0.1) is 0 Å². The minimum absolute atomic E-state index is 0.147. The first-order chi connectivity index (χ1) is 11.6.